The van der Waals surface area contributed by atoms with Crippen LogP contribution in [-0.2, 0) is 11.2 Å². The Morgan fingerprint density at radius 1 is 1.32 bits per heavy atom. The van der Waals surface area contributed by atoms with Crippen LogP contribution >= 0.6 is 11.3 Å². The molecule has 2 fully saturated rings. The van der Waals surface area contributed by atoms with Crippen molar-refractivity contribution in [2.45, 2.75) is 57.4 Å². The van der Waals surface area contributed by atoms with Crippen LogP contribution in [0.2, 0.25) is 0 Å². The number of amides is 2. The van der Waals surface area contributed by atoms with Gasteiger partial charge < -0.3 is 14.3 Å². The summed E-state index contributed by atoms with van der Waals surface area (Å²) in [6.07, 6.45) is 5.85. The van der Waals surface area contributed by atoms with Gasteiger partial charge in [0.15, 0.2) is 5.82 Å². The van der Waals surface area contributed by atoms with Gasteiger partial charge in [0.2, 0.25) is 11.8 Å². The van der Waals surface area contributed by atoms with Crippen LogP contribution in [0.4, 0.5) is 0 Å². The maximum Gasteiger partial charge on any atom is 0.254 e. The Kier molecular flexibility index (Phi) is 5.75. The van der Waals surface area contributed by atoms with Crippen LogP contribution in [0.1, 0.15) is 67.0 Å². The summed E-state index contributed by atoms with van der Waals surface area (Å²) >= 11 is 1.52. The molecule has 1 unspecified atom stereocenters. The topological polar surface area (TPSA) is 79.5 Å². The van der Waals surface area contributed by atoms with E-state index in [0.29, 0.717) is 31.3 Å². The summed E-state index contributed by atoms with van der Waals surface area (Å²) in [5.74, 6) is 1.89. The smallest absolute Gasteiger partial charge is 0.254 e. The number of thiophene rings is 1. The molecule has 1 saturated heterocycles. The minimum absolute atomic E-state index is 0.0255. The van der Waals surface area contributed by atoms with E-state index < -0.39 is 0 Å². The molecule has 2 aliphatic rings. The Morgan fingerprint density at radius 2 is 2.18 bits per heavy atom. The summed E-state index contributed by atoms with van der Waals surface area (Å²) in [6, 6.07) is 1.89. The summed E-state index contributed by atoms with van der Waals surface area (Å²) in [4.78, 5) is 33.2. The van der Waals surface area contributed by atoms with Crippen LogP contribution < -0.4 is 0 Å². The van der Waals surface area contributed by atoms with Crippen molar-refractivity contribution in [3.63, 3.8) is 0 Å². The van der Waals surface area contributed by atoms with Gasteiger partial charge in [0.1, 0.15) is 0 Å². The molecule has 1 aliphatic carbocycles. The maximum atomic E-state index is 12.7. The average molecular weight is 403 g/mol. The summed E-state index contributed by atoms with van der Waals surface area (Å²) < 4.78 is 5.38. The number of piperidine rings is 1. The third-order valence-electron chi connectivity index (χ3n) is 5.81. The molecule has 2 aromatic heterocycles. The predicted molar refractivity (Wildman–Crippen MR) is 105 cm³/mol. The van der Waals surface area contributed by atoms with Gasteiger partial charge in [-0.05, 0) is 37.1 Å². The van der Waals surface area contributed by atoms with Gasteiger partial charge in [-0.1, -0.05) is 11.6 Å². The van der Waals surface area contributed by atoms with Crippen LogP contribution in [0.3, 0.4) is 0 Å². The van der Waals surface area contributed by atoms with E-state index in [9.17, 15) is 9.59 Å². The highest BCUT2D eigenvalue weighted by Gasteiger charge is 2.30. The highest BCUT2D eigenvalue weighted by molar-refractivity contribution is 7.08. The molecule has 1 atom stereocenters. The fraction of sp³-hybridized carbons (Fsp3) is 0.600. The number of nitrogens with zero attached hydrogens (tertiary/aromatic N) is 4. The minimum atomic E-state index is 0.0255. The molecule has 0 radical (unpaired) electrons. The van der Waals surface area contributed by atoms with E-state index in [1.54, 1.807) is 6.92 Å². The standard InChI is InChI=1S/C20H26N4O3S/c1-14(25)24(10-7-18-21-19(27-22-18)15-4-2-5-15)17-6-3-9-23(12-17)20(26)16-8-11-28-13-16/h8,11,13,15,17H,2-7,9-10,12H2,1H3. The second-order valence-corrected chi connectivity index (χ2v) is 8.48. The predicted octanol–water partition coefficient (Wildman–Crippen LogP) is 3.09. The summed E-state index contributed by atoms with van der Waals surface area (Å²) in [5.41, 5.74) is 0.732. The number of hydrogen-bond donors (Lipinski definition) is 0. The summed E-state index contributed by atoms with van der Waals surface area (Å²) in [7, 11) is 0. The number of rotatable bonds is 6. The first kappa shape index (κ1) is 19.1. The highest BCUT2D eigenvalue weighted by atomic mass is 32.1. The molecule has 0 N–H and O–H groups in total. The summed E-state index contributed by atoms with van der Waals surface area (Å²) in [6.45, 7) is 3.46. The van der Waals surface area contributed by atoms with Crippen molar-refractivity contribution < 1.29 is 14.1 Å². The van der Waals surface area contributed by atoms with Crippen LogP contribution in [0, 0.1) is 0 Å². The van der Waals surface area contributed by atoms with Gasteiger partial charge in [0, 0.05) is 50.3 Å². The molecule has 0 bridgehead atoms. The van der Waals surface area contributed by atoms with Crippen molar-refractivity contribution in [2.24, 2.45) is 0 Å². The van der Waals surface area contributed by atoms with Crippen LogP contribution in [0.5, 0.6) is 0 Å². The Hall–Kier alpha value is -2.22. The Balaban J connectivity index is 1.37. The SMILES string of the molecule is CC(=O)N(CCc1noc(C2CCC2)n1)C1CCCN(C(=O)c2ccsc2)C1. The van der Waals surface area contributed by atoms with E-state index >= 15 is 0 Å². The minimum Gasteiger partial charge on any atom is -0.339 e. The van der Waals surface area contributed by atoms with E-state index in [1.807, 2.05) is 26.6 Å². The van der Waals surface area contributed by atoms with E-state index in [0.717, 1.165) is 43.7 Å². The van der Waals surface area contributed by atoms with E-state index in [4.69, 9.17) is 4.52 Å². The molecule has 0 spiro atoms. The van der Waals surface area contributed by atoms with Crippen LogP contribution in [0.15, 0.2) is 21.3 Å². The Morgan fingerprint density at radius 3 is 2.86 bits per heavy atom. The molecular weight excluding hydrogens is 376 g/mol. The van der Waals surface area contributed by atoms with E-state index in [-0.39, 0.29) is 17.9 Å². The van der Waals surface area contributed by atoms with E-state index in [2.05, 4.69) is 10.1 Å². The van der Waals surface area contributed by atoms with Crippen molar-refractivity contribution in [3.05, 3.63) is 34.1 Å². The number of likely N-dealkylation sites (tertiary alicyclic amines) is 1. The zero-order valence-corrected chi connectivity index (χ0v) is 17.0. The van der Waals surface area contributed by atoms with Crippen molar-refractivity contribution in [1.29, 1.82) is 0 Å². The Labute approximate surface area is 168 Å². The maximum absolute atomic E-state index is 12.7. The summed E-state index contributed by atoms with van der Waals surface area (Å²) in [5, 5.41) is 7.88. The van der Waals surface area contributed by atoms with Crippen molar-refractivity contribution in [3.8, 4) is 0 Å². The van der Waals surface area contributed by atoms with Gasteiger partial charge in [-0.15, -0.1) is 0 Å². The Bertz CT molecular complexity index is 815. The molecule has 8 heteroatoms. The van der Waals surface area contributed by atoms with E-state index in [1.165, 1.54) is 17.8 Å². The molecule has 3 heterocycles. The number of aromatic nitrogens is 2. The lowest BCUT2D eigenvalue weighted by Gasteiger charge is -2.39. The molecule has 0 aromatic carbocycles. The lowest BCUT2D eigenvalue weighted by molar-refractivity contribution is -0.132. The lowest BCUT2D eigenvalue weighted by atomic mass is 9.85. The number of carbonyl (C=O) groups excluding carboxylic acids is 2. The molecule has 150 valence electrons. The largest absolute Gasteiger partial charge is 0.339 e. The van der Waals surface area contributed by atoms with Gasteiger partial charge in [-0.25, -0.2) is 0 Å². The second-order valence-electron chi connectivity index (χ2n) is 7.70. The van der Waals surface area contributed by atoms with Crippen LogP contribution in [-0.4, -0.2) is 57.4 Å². The highest BCUT2D eigenvalue weighted by Crippen LogP contribution is 2.35. The van der Waals surface area contributed by atoms with Crippen LogP contribution in [0.25, 0.3) is 0 Å². The molecule has 7 nitrogen and oxygen atoms in total. The zero-order valence-electron chi connectivity index (χ0n) is 16.2. The average Bonchev–Trinajstić information content (AvgIpc) is 3.32. The van der Waals surface area contributed by atoms with Gasteiger partial charge in [0.05, 0.1) is 5.56 Å². The third kappa shape index (κ3) is 4.11. The monoisotopic (exact) mass is 402 g/mol. The molecule has 2 amide bonds. The lowest BCUT2D eigenvalue weighted by Crippen LogP contribution is -2.51. The molecule has 1 aliphatic heterocycles. The second kappa shape index (κ2) is 8.43. The number of hydrogen-bond acceptors (Lipinski definition) is 6. The molecule has 2 aromatic rings. The van der Waals surface area contributed by atoms with Gasteiger partial charge >= 0.3 is 0 Å². The molecule has 1 saturated carbocycles. The zero-order chi connectivity index (χ0) is 19.5. The molecular formula is C20H26N4O3S. The molecule has 4 rings (SSSR count). The fourth-order valence-electron chi connectivity index (χ4n) is 3.97. The normalized spacial score (nSPS) is 20.0. The first-order valence-electron chi connectivity index (χ1n) is 10.0. The third-order valence-corrected chi connectivity index (χ3v) is 6.49. The van der Waals surface area contributed by atoms with Gasteiger partial charge in [0.25, 0.3) is 5.91 Å². The number of carbonyl (C=O) groups is 2. The van der Waals surface area contributed by atoms with Gasteiger partial charge in [-0.3, -0.25) is 9.59 Å². The first-order chi connectivity index (χ1) is 13.6. The van der Waals surface area contributed by atoms with Crippen molar-refractivity contribution in [2.75, 3.05) is 19.6 Å². The van der Waals surface area contributed by atoms with Gasteiger partial charge in [-0.2, -0.15) is 16.3 Å². The first-order valence-corrected chi connectivity index (χ1v) is 11.0. The fourth-order valence-corrected chi connectivity index (χ4v) is 4.60. The molecule has 28 heavy (non-hydrogen) atoms. The quantitative estimate of drug-likeness (QED) is 0.742. The van der Waals surface area contributed by atoms with Crippen molar-refractivity contribution in [1.82, 2.24) is 19.9 Å². The van der Waals surface area contributed by atoms with Crippen molar-refractivity contribution >= 4 is 23.2 Å².